The molecule has 0 heterocycles. The molecule has 6 heteroatoms. The van der Waals surface area contributed by atoms with Gasteiger partial charge < -0.3 is 20.1 Å². The van der Waals surface area contributed by atoms with Crippen molar-refractivity contribution >= 4 is 24.0 Å². The van der Waals surface area contributed by atoms with Gasteiger partial charge in [0.25, 0.3) is 0 Å². The van der Waals surface area contributed by atoms with Gasteiger partial charge in [-0.3, -0.25) is 4.79 Å². The van der Waals surface area contributed by atoms with Crippen LogP contribution in [0.3, 0.4) is 0 Å². The first kappa shape index (κ1) is 18.9. The summed E-state index contributed by atoms with van der Waals surface area (Å²) in [5, 5.41) is 5.89. The molecule has 1 aliphatic rings. The van der Waals surface area contributed by atoms with Crippen molar-refractivity contribution in [1.82, 2.24) is 5.32 Å². The summed E-state index contributed by atoms with van der Waals surface area (Å²) in [6.07, 6.45) is 2.60. The lowest BCUT2D eigenvalue weighted by atomic mass is 10.2. The average molecular weight is 329 g/mol. The Morgan fingerprint density at radius 1 is 1.36 bits per heavy atom. The van der Waals surface area contributed by atoms with Crippen molar-refractivity contribution in [3.05, 3.63) is 29.8 Å². The minimum Gasteiger partial charge on any atom is -0.383 e. The molecular weight excluding hydrogens is 304 g/mol. The molecule has 2 N–H and O–H groups in total. The SMILES string of the molecule is COCCNCC(=O)Nc1cccc(COCC2CC2)c1.Cl. The molecule has 1 aliphatic carbocycles. The van der Waals surface area contributed by atoms with E-state index < -0.39 is 0 Å². The van der Waals surface area contributed by atoms with Crippen molar-refractivity contribution in [2.24, 2.45) is 5.92 Å². The van der Waals surface area contributed by atoms with Gasteiger partial charge in [0.2, 0.25) is 5.91 Å². The lowest BCUT2D eigenvalue weighted by Gasteiger charge is -2.09. The highest BCUT2D eigenvalue weighted by molar-refractivity contribution is 5.92. The molecule has 2 rings (SSSR count). The largest absolute Gasteiger partial charge is 0.383 e. The van der Waals surface area contributed by atoms with E-state index in [2.05, 4.69) is 10.6 Å². The van der Waals surface area contributed by atoms with Crippen LogP contribution in [0.15, 0.2) is 24.3 Å². The zero-order valence-electron chi connectivity index (χ0n) is 13.0. The highest BCUT2D eigenvalue weighted by atomic mass is 35.5. The monoisotopic (exact) mass is 328 g/mol. The van der Waals surface area contributed by atoms with E-state index in [9.17, 15) is 4.79 Å². The van der Waals surface area contributed by atoms with Gasteiger partial charge >= 0.3 is 0 Å². The van der Waals surface area contributed by atoms with Crippen LogP contribution >= 0.6 is 12.4 Å². The third-order valence-electron chi connectivity index (χ3n) is 3.30. The first-order valence-electron chi connectivity index (χ1n) is 7.44. The number of amides is 1. The van der Waals surface area contributed by atoms with E-state index in [1.54, 1.807) is 7.11 Å². The van der Waals surface area contributed by atoms with E-state index in [0.717, 1.165) is 23.8 Å². The van der Waals surface area contributed by atoms with Crippen molar-refractivity contribution in [1.29, 1.82) is 0 Å². The predicted molar refractivity (Wildman–Crippen MR) is 89.4 cm³/mol. The van der Waals surface area contributed by atoms with E-state index in [1.165, 1.54) is 12.8 Å². The molecule has 1 aromatic carbocycles. The second-order valence-corrected chi connectivity index (χ2v) is 5.38. The summed E-state index contributed by atoms with van der Waals surface area (Å²) in [4.78, 5) is 11.8. The maximum atomic E-state index is 11.8. The van der Waals surface area contributed by atoms with Gasteiger partial charge in [0.15, 0.2) is 0 Å². The summed E-state index contributed by atoms with van der Waals surface area (Å²) >= 11 is 0. The molecule has 0 aliphatic heterocycles. The fourth-order valence-corrected chi connectivity index (χ4v) is 1.95. The number of hydrogen-bond donors (Lipinski definition) is 2. The van der Waals surface area contributed by atoms with Crippen LogP contribution in [-0.2, 0) is 20.9 Å². The quantitative estimate of drug-likeness (QED) is 0.647. The number of benzene rings is 1. The number of ether oxygens (including phenoxy) is 2. The number of anilines is 1. The first-order chi connectivity index (χ1) is 10.3. The minimum atomic E-state index is -0.0536. The van der Waals surface area contributed by atoms with Crippen LogP contribution in [0, 0.1) is 5.92 Å². The zero-order chi connectivity index (χ0) is 14.9. The number of hydrogen-bond acceptors (Lipinski definition) is 4. The fraction of sp³-hybridized carbons (Fsp3) is 0.562. The lowest BCUT2D eigenvalue weighted by Crippen LogP contribution is -2.30. The maximum absolute atomic E-state index is 11.8. The standard InChI is InChI=1S/C16H24N2O3.ClH/c1-20-8-7-17-10-16(19)18-15-4-2-3-14(9-15)12-21-11-13-5-6-13;/h2-4,9,13,17H,5-8,10-12H2,1H3,(H,18,19);1H. The molecule has 0 saturated heterocycles. The van der Waals surface area contributed by atoms with Gasteiger partial charge in [-0.05, 0) is 36.5 Å². The van der Waals surface area contributed by atoms with Crippen molar-refractivity contribution in [2.45, 2.75) is 19.4 Å². The molecule has 22 heavy (non-hydrogen) atoms. The third kappa shape index (κ3) is 7.75. The molecule has 1 aromatic rings. The Hall–Kier alpha value is -1.14. The molecule has 0 atom stereocenters. The highest BCUT2D eigenvalue weighted by Crippen LogP contribution is 2.29. The summed E-state index contributed by atoms with van der Waals surface area (Å²) in [6.45, 7) is 3.00. The van der Waals surface area contributed by atoms with Crippen LogP contribution in [0.25, 0.3) is 0 Å². The summed E-state index contributed by atoms with van der Waals surface area (Å²) in [5.74, 6) is 0.716. The molecule has 124 valence electrons. The second-order valence-electron chi connectivity index (χ2n) is 5.38. The van der Waals surface area contributed by atoms with Gasteiger partial charge in [0.05, 0.1) is 19.8 Å². The number of carbonyl (C=O) groups excluding carboxylic acids is 1. The fourth-order valence-electron chi connectivity index (χ4n) is 1.95. The van der Waals surface area contributed by atoms with Crippen molar-refractivity contribution in [3.8, 4) is 0 Å². The van der Waals surface area contributed by atoms with Crippen LogP contribution in [0.5, 0.6) is 0 Å². The first-order valence-corrected chi connectivity index (χ1v) is 7.44. The number of halogens is 1. The van der Waals surface area contributed by atoms with E-state index in [0.29, 0.717) is 19.8 Å². The number of carbonyl (C=O) groups is 1. The molecule has 5 nitrogen and oxygen atoms in total. The van der Waals surface area contributed by atoms with E-state index in [-0.39, 0.29) is 24.9 Å². The third-order valence-corrected chi connectivity index (χ3v) is 3.30. The Kier molecular flexibility index (Phi) is 9.08. The molecule has 0 radical (unpaired) electrons. The molecule has 0 unspecified atom stereocenters. The van der Waals surface area contributed by atoms with Gasteiger partial charge in [-0.1, -0.05) is 12.1 Å². The van der Waals surface area contributed by atoms with E-state index >= 15 is 0 Å². The van der Waals surface area contributed by atoms with Crippen LogP contribution in [-0.4, -0.2) is 39.3 Å². The summed E-state index contributed by atoms with van der Waals surface area (Å²) < 4.78 is 10.6. The Balaban J connectivity index is 0.00000242. The zero-order valence-corrected chi connectivity index (χ0v) is 13.8. The van der Waals surface area contributed by atoms with Crippen molar-refractivity contribution < 1.29 is 14.3 Å². The average Bonchev–Trinajstić information content (AvgIpc) is 3.28. The Morgan fingerprint density at radius 2 is 2.18 bits per heavy atom. The lowest BCUT2D eigenvalue weighted by molar-refractivity contribution is -0.115. The Bertz CT molecular complexity index is 453. The molecule has 0 aromatic heterocycles. The molecular formula is C16H25ClN2O3. The molecule has 1 amide bonds. The number of rotatable bonds is 10. The molecule has 0 bridgehead atoms. The summed E-state index contributed by atoms with van der Waals surface area (Å²) in [7, 11) is 1.64. The predicted octanol–water partition coefficient (Wildman–Crippen LogP) is 2.21. The van der Waals surface area contributed by atoms with Gasteiger partial charge in [-0.2, -0.15) is 0 Å². The summed E-state index contributed by atoms with van der Waals surface area (Å²) in [5.41, 5.74) is 1.89. The van der Waals surface area contributed by atoms with Crippen molar-refractivity contribution in [3.63, 3.8) is 0 Å². The van der Waals surface area contributed by atoms with Crippen LogP contribution in [0.1, 0.15) is 18.4 Å². The smallest absolute Gasteiger partial charge is 0.238 e. The van der Waals surface area contributed by atoms with Crippen LogP contribution < -0.4 is 10.6 Å². The van der Waals surface area contributed by atoms with E-state index in [1.807, 2.05) is 24.3 Å². The normalized spacial score (nSPS) is 13.5. The molecule has 1 saturated carbocycles. The highest BCUT2D eigenvalue weighted by Gasteiger charge is 2.20. The summed E-state index contributed by atoms with van der Waals surface area (Å²) in [6, 6.07) is 7.79. The topological polar surface area (TPSA) is 59.6 Å². The van der Waals surface area contributed by atoms with Crippen molar-refractivity contribution in [2.75, 3.05) is 38.7 Å². The van der Waals surface area contributed by atoms with Gasteiger partial charge in [0, 0.05) is 25.9 Å². The minimum absolute atomic E-state index is 0. The van der Waals surface area contributed by atoms with E-state index in [4.69, 9.17) is 9.47 Å². The molecule has 0 spiro atoms. The van der Waals surface area contributed by atoms with Gasteiger partial charge in [0.1, 0.15) is 0 Å². The van der Waals surface area contributed by atoms with Crippen LogP contribution in [0.4, 0.5) is 5.69 Å². The number of methoxy groups -OCH3 is 1. The Labute approximate surface area is 138 Å². The van der Waals surface area contributed by atoms with Gasteiger partial charge in [-0.25, -0.2) is 0 Å². The van der Waals surface area contributed by atoms with Crippen LogP contribution in [0.2, 0.25) is 0 Å². The maximum Gasteiger partial charge on any atom is 0.238 e. The number of nitrogens with one attached hydrogen (secondary N) is 2. The molecule has 1 fully saturated rings. The van der Waals surface area contributed by atoms with Gasteiger partial charge in [-0.15, -0.1) is 12.4 Å². The second kappa shape index (κ2) is 10.6. The Morgan fingerprint density at radius 3 is 2.91 bits per heavy atom.